The molecule has 7 heteroatoms. The molecule has 1 aromatic heterocycles. The fourth-order valence-corrected chi connectivity index (χ4v) is 1.21. The lowest BCUT2D eigenvalue weighted by Crippen LogP contribution is -2.38. The van der Waals surface area contributed by atoms with Crippen LogP contribution in [-0.2, 0) is 4.79 Å². The van der Waals surface area contributed by atoms with Crippen LogP contribution in [0.5, 0.6) is 0 Å². The second-order valence-corrected chi connectivity index (χ2v) is 3.61. The highest BCUT2D eigenvalue weighted by Crippen LogP contribution is 2.11. The van der Waals surface area contributed by atoms with Gasteiger partial charge in [0, 0.05) is 6.20 Å². The predicted octanol–water partition coefficient (Wildman–Crippen LogP) is 0.442. The van der Waals surface area contributed by atoms with Crippen molar-refractivity contribution in [2.75, 3.05) is 0 Å². The van der Waals surface area contributed by atoms with Gasteiger partial charge in [0.25, 0.3) is 5.91 Å². The van der Waals surface area contributed by atoms with Crippen molar-refractivity contribution in [2.45, 2.75) is 13.0 Å². The van der Waals surface area contributed by atoms with E-state index in [0.29, 0.717) is 4.47 Å². The number of carboxylic acids is 1. The van der Waals surface area contributed by atoms with E-state index in [4.69, 9.17) is 5.11 Å². The minimum atomic E-state index is -1.10. The summed E-state index contributed by atoms with van der Waals surface area (Å²) in [6.07, 6.45) is 2.62. The van der Waals surface area contributed by atoms with Crippen LogP contribution in [0.1, 0.15) is 17.4 Å². The summed E-state index contributed by atoms with van der Waals surface area (Å²) < 4.78 is 0.417. The first-order valence-corrected chi connectivity index (χ1v) is 4.81. The number of aromatic nitrogens is 2. The first-order chi connectivity index (χ1) is 7.02. The number of hydrogen-bond donors (Lipinski definition) is 2. The lowest BCUT2D eigenvalue weighted by molar-refractivity contribution is -0.138. The van der Waals surface area contributed by atoms with E-state index in [2.05, 4.69) is 31.2 Å². The van der Waals surface area contributed by atoms with Gasteiger partial charge in [0.1, 0.15) is 18.1 Å². The van der Waals surface area contributed by atoms with Crippen molar-refractivity contribution in [2.24, 2.45) is 0 Å². The fraction of sp³-hybridized carbons (Fsp3) is 0.250. The van der Waals surface area contributed by atoms with Crippen LogP contribution < -0.4 is 5.32 Å². The summed E-state index contributed by atoms with van der Waals surface area (Å²) in [6.45, 7) is 1.37. The van der Waals surface area contributed by atoms with Crippen molar-refractivity contribution in [3.63, 3.8) is 0 Å². The maximum Gasteiger partial charge on any atom is 0.325 e. The van der Waals surface area contributed by atoms with Crippen molar-refractivity contribution in [3.05, 3.63) is 22.7 Å². The number of hydrogen-bond acceptors (Lipinski definition) is 4. The molecule has 0 saturated heterocycles. The molecule has 1 atom stereocenters. The molecule has 0 aliphatic heterocycles. The molecule has 80 valence electrons. The van der Waals surface area contributed by atoms with Gasteiger partial charge < -0.3 is 10.4 Å². The molecule has 0 spiro atoms. The van der Waals surface area contributed by atoms with Crippen LogP contribution in [0.3, 0.4) is 0 Å². The van der Waals surface area contributed by atoms with Gasteiger partial charge in [-0.25, -0.2) is 9.97 Å². The van der Waals surface area contributed by atoms with Gasteiger partial charge in [0.15, 0.2) is 0 Å². The van der Waals surface area contributed by atoms with Crippen LogP contribution >= 0.6 is 15.9 Å². The molecule has 15 heavy (non-hydrogen) atoms. The quantitative estimate of drug-likeness (QED) is 0.834. The predicted molar refractivity (Wildman–Crippen MR) is 54.3 cm³/mol. The molecule has 0 bridgehead atoms. The maximum atomic E-state index is 11.5. The van der Waals surface area contributed by atoms with E-state index in [0.717, 1.165) is 0 Å². The summed E-state index contributed by atoms with van der Waals surface area (Å²) in [5.74, 6) is -1.66. The number of nitrogens with zero attached hydrogens (tertiary/aromatic N) is 2. The Balaban J connectivity index is 2.78. The summed E-state index contributed by atoms with van der Waals surface area (Å²) >= 11 is 3.09. The average molecular weight is 274 g/mol. The highest BCUT2D eigenvalue weighted by molar-refractivity contribution is 9.10. The van der Waals surface area contributed by atoms with E-state index < -0.39 is 17.9 Å². The Hall–Kier alpha value is -1.50. The zero-order chi connectivity index (χ0) is 11.4. The molecule has 0 aliphatic rings. The molecule has 2 N–H and O–H groups in total. The fourth-order valence-electron chi connectivity index (χ4n) is 0.806. The molecular weight excluding hydrogens is 266 g/mol. The second kappa shape index (κ2) is 4.83. The van der Waals surface area contributed by atoms with Crippen LogP contribution in [0, 0.1) is 0 Å². The molecule has 0 unspecified atom stereocenters. The van der Waals surface area contributed by atoms with Crippen LogP contribution in [0.25, 0.3) is 0 Å². The minimum Gasteiger partial charge on any atom is -0.480 e. The van der Waals surface area contributed by atoms with E-state index in [1.54, 1.807) is 0 Å². The third-order valence-corrected chi connectivity index (χ3v) is 2.18. The zero-order valence-corrected chi connectivity index (χ0v) is 9.35. The number of carbonyl (C=O) groups is 2. The normalized spacial score (nSPS) is 11.9. The number of rotatable bonds is 3. The Kier molecular flexibility index (Phi) is 3.73. The van der Waals surface area contributed by atoms with Crippen molar-refractivity contribution < 1.29 is 14.7 Å². The summed E-state index contributed by atoms with van der Waals surface area (Å²) in [5.41, 5.74) is 0.109. The monoisotopic (exact) mass is 273 g/mol. The van der Waals surface area contributed by atoms with Crippen molar-refractivity contribution in [3.8, 4) is 0 Å². The van der Waals surface area contributed by atoms with E-state index in [-0.39, 0.29) is 5.69 Å². The molecule has 1 amide bonds. The van der Waals surface area contributed by atoms with Gasteiger partial charge >= 0.3 is 5.97 Å². The number of carbonyl (C=O) groups excluding carboxylic acids is 1. The Bertz CT molecular complexity index is 396. The lowest BCUT2D eigenvalue weighted by Gasteiger charge is -2.08. The van der Waals surface area contributed by atoms with Crippen LogP contribution in [-0.4, -0.2) is 33.0 Å². The van der Waals surface area contributed by atoms with Gasteiger partial charge in [-0.2, -0.15) is 0 Å². The topological polar surface area (TPSA) is 92.2 Å². The highest BCUT2D eigenvalue weighted by Gasteiger charge is 2.17. The van der Waals surface area contributed by atoms with Crippen molar-refractivity contribution in [1.82, 2.24) is 15.3 Å². The summed E-state index contributed by atoms with van der Waals surface area (Å²) in [6, 6.07) is -0.959. The third kappa shape index (κ3) is 2.98. The van der Waals surface area contributed by atoms with Gasteiger partial charge in [-0.15, -0.1) is 0 Å². The molecular formula is C8H8BrN3O3. The van der Waals surface area contributed by atoms with Gasteiger partial charge in [0.05, 0.1) is 4.47 Å². The smallest absolute Gasteiger partial charge is 0.325 e. The van der Waals surface area contributed by atoms with Gasteiger partial charge in [-0.3, -0.25) is 9.59 Å². The van der Waals surface area contributed by atoms with E-state index in [1.807, 2.05) is 0 Å². The molecule has 0 aromatic carbocycles. The number of amides is 1. The van der Waals surface area contributed by atoms with E-state index in [1.165, 1.54) is 19.4 Å². The molecule has 0 radical (unpaired) electrons. The maximum absolute atomic E-state index is 11.5. The Labute approximate surface area is 93.9 Å². The highest BCUT2D eigenvalue weighted by atomic mass is 79.9. The van der Waals surface area contributed by atoms with E-state index >= 15 is 0 Å². The van der Waals surface area contributed by atoms with Crippen LogP contribution in [0.15, 0.2) is 17.0 Å². The lowest BCUT2D eigenvalue weighted by atomic mass is 10.3. The summed E-state index contributed by atoms with van der Waals surface area (Å²) in [7, 11) is 0. The van der Waals surface area contributed by atoms with Crippen molar-refractivity contribution >= 4 is 27.8 Å². The van der Waals surface area contributed by atoms with Crippen molar-refractivity contribution in [1.29, 1.82) is 0 Å². The number of carboxylic acid groups (broad SMARTS) is 1. The van der Waals surface area contributed by atoms with Gasteiger partial charge in [-0.05, 0) is 22.9 Å². The molecule has 6 nitrogen and oxygen atoms in total. The summed E-state index contributed by atoms with van der Waals surface area (Å²) in [4.78, 5) is 29.4. The molecule has 0 saturated carbocycles. The molecule has 1 aromatic rings. The average Bonchev–Trinajstić information content (AvgIpc) is 2.18. The second-order valence-electron chi connectivity index (χ2n) is 2.75. The standard InChI is InChI=1S/C8H8BrN3O3/c1-4(8(14)15)12-7(13)6-5(9)2-10-3-11-6/h2-4H,1H3,(H,12,13)(H,14,15)/t4-/m0/s1. The van der Waals surface area contributed by atoms with Crippen LogP contribution in [0.4, 0.5) is 0 Å². The minimum absolute atomic E-state index is 0.109. The Morgan fingerprint density at radius 1 is 1.60 bits per heavy atom. The molecule has 1 rings (SSSR count). The van der Waals surface area contributed by atoms with E-state index in [9.17, 15) is 9.59 Å². The third-order valence-electron chi connectivity index (χ3n) is 1.60. The number of halogens is 1. The first-order valence-electron chi connectivity index (χ1n) is 4.01. The van der Waals surface area contributed by atoms with Gasteiger partial charge in [0.2, 0.25) is 0 Å². The number of nitrogens with one attached hydrogen (secondary N) is 1. The molecule has 0 fully saturated rings. The first kappa shape index (κ1) is 11.6. The Morgan fingerprint density at radius 3 is 2.80 bits per heavy atom. The van der Waals surface area contributed by atoms with Gasteiger partial charge in [-0.1, -0.05) is 0 Å². The molecule has 1 heterocycles. The molecule has 0 aliphatic carbocycles. The Morgan fingerprint density at radius 2 is 2.27 bits per heavy atom. The number of aliphatic carboxylic acids is 1. The SMILES string of the molecule is C[C@H](NC(=O)c1ncncc1Br)C(=O)O. The zero-order valence-electron chi connectivity index (χ0n) is 7.77. The van der Waals surface area contributed by atoms with Crippen LogP contribution in [0.2, 0.25) is 0 Å². The summed E-state index contributed by atoms with van der Waals surface area (Å²) in [5, 5.41) is 10.9. The largest absolute Gasteiger partial charge is 0.480 e.